The van der Waals surface area contributed by atoms with Crippen LogP contribution in [0.2, 0.25) is 0 Å². The summed E-state index contributed by atoms with van der Waals surface area (Å²) in [5.74, 6) is -0.321. The zero-order chi connectivity index (χ0) is 13.8. The third-order valence-corrected chi connectivity index (χ3v) is 3.38. The third kappa shape index (κ3) is 3.12. The van der Waals surface area contributed by atoms with Gasteiger partial charge in [-0.2, -0.15) is 0 Å². The van der Waals surface area contributed by atoms with Gasteiger partial charge < -0.3 is 16.0 Å². The molecule has 1 saturated heterocycles. The van der Waals surface area contributed by atoms with Crippen molar-refractivity contribution in [2.24, 2.45) is 5.73 Å². The van der Waals surface area contributed by atoms with Gasteiger partial charge in [0.1, 0.15) is 0 Å². The van der Waals surface area contributed by atoms with Crippen molar-refractivity contribution in [3.63, 3.8) is 0 Å². The van der Waals surface area contributed by atoms with E-state index in [1.54, 1.807) is 18.2 Å². The van der Waals surface area contributed by atoms with Crippen molar-refractivity contribution in [1.29, 1.82) is 0 Å². The van der Waals surface area contributed by atoms with Crippen molar-refractivity contribution < 1.29 is 9.59 Å². The van der Waals surface area contributed by atoms with Crippen molar-refractivity contribution >= 4 is 11.8 Å². The summed E-state index contributed by atoms with van der Waals surface area (Å²) in [6, 6.07) is 7.04. The largest absolute Gasteiger partial charge is 0.366 e. The highest BCUT2D eigenvalue weighted by Crippen LogP contribution is 2.12. The minimum absolute atomic E-state index is 0.0897. The smallest absolute Gasteiger partial charge is 0.248 e. The van der Waals surface area contributed by atoms with E-state index in [9.17, 15) is 9.59 Å². The molecule has 19 heavy (non-hydrogen) atoms. The average Bonchev–Trinajstić information content (AvgIpc) is 2.41. The Hall–Kier alpha value is -1.88. The lowest BCUT2D eigenvalue weighted by Gasteiger charge is -2.32. The van der Waals surface area contributed by atoms with Crippen LogP contribution in [-0.4, -0.2) is 35.8 Å². The van der Waals surface area contributed by atoms with Crippen LogP contribution < -0.4 is 11.1 Å². The van der Waals surface area contributed by atoms with Crippen LogP contribution in [0, 0.1) is 0 Å². The minimum atomic E-state index is -0.445. The lowest BCUT2D eigenvalue weighted by molar-refractivity contribution is -0.136. The number of benzene rings is 1. The van der Waals surface area contributed by atoms with Crippen LogP contribution in [0.25, 0.3) is 0 Å². The molecule has 0 bridgehead atoms. The molecule has 1 heterocycles. The molecule has 5 heteroatoms. The number of hydrogen-bond acceptors (Lipinski definition) is 3. The Morgan fingerprint density at radius 2 is 2.32 bits per heavy atom. The van der Waals surface area contributed by atoms with Gasteiger partial charge in [-0.15, -0.1) is 0 Å². The minimum Gasteiger partial charge on any atom is -0.366 e. The Kier molecular flexibility index (Phi) is 4.16. The molecule has 2 rings (SSSR count). The first-order valence-corrected chi connectivity index (χ1v) is 6.52. The average molecular weight is 261 g/mol. The van der Waals surface area contributed by atoms with E-state index < -0.39 is 5.91 Å². The zero-order valence-corrected chi connectivity index (χ0v) is 11.1. The molecule has 1 fully saturated rings. The van der Waals surface area contributed by atoms with Crippen LogP contribution in [0.15, 0.2) is 24.3 Å². The zero-order valence-electron chi connectivity index (χ0n) is 11.1. The number of nitrogens with two attached hydrogens (primary N) is 1. The van der Waals surface area contributed by atoms with Gasteiger partial charge in [-0.25, -0.2) is 0 Å². The normalized spacial score (nSPS) is 19.5. The molecule has 0 radical (unpaired) electrons. The van der Waals surface area contributed by atoms with Crippen LogP contribution in [0.1, 0.15) is 29.3 Å². The highest BCUT2D eigenvalue weighted by atomic mass is 16.2. The molecule has 1 aliphatic heterocycles. The number of primary amides is 1. The molecule has 102 valence electrons. The SMILES string of the molecule is CCC1NCCN(Cc2cccc(C(N)=O)c2)C1=O. The van der Waals surface area contributed by atoms with Gasteiger partial charge in [-0.05, 0) is 24.1 Å². The van der Waals surface area contributed by atoms with E-state index >= 15 is 0 Å². The number of carbonyl (C=O) groups is 2. The molecule has 3 N–H and O–H groups in total. The molecule has 1 atom stereocenters. The highest BCUT2D eigenvalue weighted by Gasteiger charge is 2.26. The van der Waals surface area contributed by atoms with Crippen LogP contribution in [-0.2, 0) is 11.3 Å². The first-order valence-electron chi connectivity index (χ1n) is 6.52. The predicted octanol–water partition coefficient (Wildman–Crippen LogP) is 0.496. The third-order valence-electron chi connectivity index (χ3n) is 3.38. The molecule has 1 aromatic rings. The first-order chi connectivity index (χ1) is 9.11. The maximum atomic E-state index is 12.2. The second-order valence-electron chi connectivity index (χ2n) is 4.74. The van der Waals surface area contributed by atoms with Gasteiger partial charge in [0.2, 0.25) is 11.8 Å². The highest BCUT2D eigenvalue weighted by molar-refractivity contribution is 5.92. The van der Waals surface area contributed by atoms with Crippen molar-refractivity contribution in [2.45, 2.75) is 25.9 Å². The van der Waals surface area contributed by atoms with Crippen molar-refractivity contribution in [3.05, 3.63) is 35.4 Å². The van der Waals surface area contributed by atoms with Gasteiger partial charge in [-0.1, -0.05) is 19.1 Å². The van der Waals surface area contributed by atoms with Crippen LogP contribution >= 0.6 is 0 Å². The van der Waals surface area contributed by atoms with E-state index in [-0.39, 0.29) is 11.9 Å². The number of rotatable bonds is 4. The summed E-state index contributed by atoms with van der Waals surface area (Å²) in [6.07, 6.45) is 0.788. The standard InChI is InChI=1S/C14H19N3O2/c1-2-12-14(19)17(7-6-16-12)9-10-4-3-5-11(8-10)13(15)18/h3-5,8,12,16H,2,6-7,9H2,1H3,(H2,15,18). The van der Waals surface area contributed by atoms with Gasteiger partial charge in [0.15, 0.2) is 0 Å². The number of nitrogens with zero attached hydrogens (tertiary/aromatic N) is 1. The summed E-state index contributed by atoms with van der Waals surface area (Å²) in [4.78, 5) is 25.1. The molecule has 1 unspecified atom stereocenters. The maximum absolute atomic E-state index is 12.2. The summed E-state index contributed by atoms with van der Waals surface area (Å²) in [5, 5.41) is 3.20. The Bertz CT molecular complexity index is 487. The molecule has 1 aromatic carbocycles. The number of piperazine rings is 1. The summed E-state index contributed by atoms with van der Waals surface area (Å²) in [5.41, 5.74) is 6.67. The number of carbonyl (C=O) groups excluding carboxylic acids is 2. The molecule has 0 spiro atoms. The molecule has 1 aliphatic rings. The van der Waals surface area contributed by atoms with Crippen LogP contribution in [0.3, 0.4) is 0 Å². The lowest BCUT2D eigenvalue weighted by atomic mass is 10.1. The molecular formula is C14H19N3O2. The Balaban J connectivity index is 2.10. The Morgan fingerprint density at radius 3 is 3.00 bits per heavy atom. The number of amides is 2. The second kappa shape index (κ2) is 5.84. The topological polar surface area (TPSA) is 75.4 Å². The molecule has 2 amide bonds. The Labute approximate surface area is 112 Å². The van der Waals surface area contributed by atoms with Gasteiger partial charge >= 0.3 is 0 Å². The first kappa shape index (κ1) is 13.5. The van der Waals surface area contributed by atoms with Gasteiger partial charge in [0.05, 0.1) is 6.04 Å². The summed E-state index contributed by atoms with van der Waals surface area (Å²) < 4.78 is 0. The van der Waals surface area contributed by atoms with E-state index in [0.717, 1.165) is 18.5 Å². The predicted molar refractivity (Wildman–Crippen MR) is 72.5 cm³/mol. The summed E-state index contributed by atoms with van der Waals surface area (Å²) in [6.45, 7) is 4.01. The van der Waals surface area contributed by atoms with Crippen LogP contribution in [0.5, 0.6) is 0 Å². The van der Waals surface area contributed by atoms with E-state index in [1.807, 2.05) is 17.9 Å². The molecular weight excluding hydrogens is 242 g/mol. The monoisotopic (exact) mass is 261 g/mol. The van der Waals surface area contributed by atoms with E-state index in [2.05, 4.69) is 5.32 Å². The molecule has 0 saturated carbocycles. The van der Waals surface area contributed by atoms with Gasteiger partial charge in [0, 0.05) is 25.2 Å². The second-order valence-corrected chi connectivity index (χ2v) is 4.74. The quantitative estimate of drug-likeness (QED) is 0.828. The van der Waals surface area contributed by atoms with E-state index in [1.165, 1.54) is 0 Å². The van der Waals surface area contributed by atoms with Gasteiger partial charge in [0.25, 0.3) is 0 Å². The fourth-order valence-corrected chi connectivity index (χ4v) is 2.31. The molecule has 5 nitrogen and oxygen atoms in total. The fraction of sp³-hybridized carbons (Fsp3) is 0.429. The molecule has 0 aromatic heterocycles. The number of nitrogens with one attached hydrogen (secondary N) is 1. The van der Waals surface area contributed by atoms with Crippen LogP contribution in [0.4, 0.5) is 0 Å². The van der Waals surface area contributed by atoms with E-state index in [0.29, 0.717) is 18.7 Å². The summed E-state index contributed by atoms with van der Waals surface area (Å²) >= 11 is 0. The van der Waals surface area contributed by atoms with E-state index in [4.69, 9.17) is 5.73 Å². The molecule has 0 aliphatic carbocycles. The van der Waals surface area contributed by atoms with Crippen molar-refractivity contribution in [1.82, 2.24) is 10.2 Å². The lowest BCUT2D eigenvalue weighted by Crippen LogP contribution is -2.54. The summed E-state index contributed by atoms with van der Waals surface area (Å²) in [7, 11) is 0. The van der Waals surface area contributed by atoms with Gasteiger partial charge in [-0.3, -0.25) is 9.59 Å². The maximum Gasteiger partial charge on any atom is 0.248 e. The fourth-order valence-electron chi connectivity index (χ4n) is 2.31. The van der Waals surface area contributed by atoms with Crippen molar-refractivity contribution in [3.8, 4) is 0 Å². The Morgan fingerprint density at radius 1 is 1.53 bits per heavy atom. The number of hydrogen-bond donors (Lipinski definition) is 2. The van der Waals surface area contributed by atoms with Crippen molar-refractivity contribution in [2.75, 3.05) is 13.1 Å².